The van der Waals surface area contributed by atoms with Crippen molar-refractivity contribution < 1.29 is 59.2 Å². The number of hydrogen-bond donors (Lipinski definition) is 6. The van der Waals surface area contributed by atoms with Gasteiger partial charge in [0.1, 0.15) is 36.6 Å². The lowest BCUT2D eigenvalue weighted by molar-refractivity contribution is -0.288. The first kappa shape index (κ1) is 28.5. The van der Waals surface area contributed by atoms with Crippen molar-refractivity contribution in [2.75, 3.05) is 37.1 Å². The van der Waals surface area contributed by atoms with Crippen molar-refractivity contribution in [3.8, 4) is 0 Å². The van der Waals surface area contributed by atoms with Crippen LogP contribution in [0.3, 0.4) is 0 Å². The average molecular weight is 541 g/mol. The first-order valence-corrected chi connectivity index (χ1v) is 12.0. The van der Waals surface area contributed by atoms with Gasteiger partial charge in [0, 0.05) is 25.5 Å². The Morgan fingerprint density at radius 1 is 0.605 bits per heavy atom. The minimum absolute atomic E-state index is 0.159. The summed E-state index contributed by atoms with van der Waals surface area (Å²) in [5, 5.41) is 61.9. The number of anilines is 2. The number of carbonyl (C=O) groups excluding carboxylic acids is 2. The largest absolute Gasteiger partial charge is 0.387 e. The van der Waals surface area contributed by atoms with E-state index in [1.807, 2.05) is 0 Å². The van der Waals surface area contributed by atoms with Crippen molar-refractivity contribution >= 4 is 23.2 Å². The Morgan fingerprint density at radius 3 is 1.29 bits per heavy atom. The van der Waals surface area contributed by atoms with E-state index in [-0.39, 0.29) is 13.2 Å². The molecule has 5 rings (SSSR count). The van der Waals surface area contributed by atoms with E-state index in [2.05, 4.69) is 0 Å². The number of amides is 2. The number of aliphatic hydroxyl groups is 6. The predicted molar refractivity (Wildman–Crippen MR) is 128 cm³/mol. The Kier molecular flexibility index (Phi) is 8.78. The zero-order valence-electron chi connectivity index (χ0n) is 20.7. The van der Waals surface area contributed by atoms with Crippen LogP contribution in [0.25, 0.3) is 0 Å². The Balaban J connectivity index is 1.64. The number of aliphatic hydroxyl groups excluding tert-OH is 6. The highest BCUT2D eigenvalue weighted by Gasteiger charge is 2.49. The molecule has 0 aliphatic carbocycles. The Hall–Kier alpha value is -2.50. The van der Waals surface area contributed by atoms with Gasteiger partial charge in [-0.1, -0.05) is 12.2 Å². The first-order chi connectivity index (χ1) is 18.0. The van der Waals surface area contributed by atoms with Gasteiger partial charge in [-0.25, -0.2) is 0 Å². The van der Waals surface area contributed by atoms with Crippen LogP contribution >= 0.6 is 0 Å². The van der Waals surface area contributed by atoms with Gasteiger partial charge >= 0.3 is 0 Å². The molecule has 6 bridgehead atoms. The normalized spacial score (nSPS) is 40.2. The molecule has 2 saturated heterocycles. The lowest BCUT2D eigenvalue weighted by atomic mass is 9.97. The number of likely N-dealkylation sites (N-methyl/N-ethyl adjacent to an activating group) is 2. The summed E-state index contributed by atoms with van der Waals surface area (Å²) in [6.45, 7) is -0.319. The van der Waals surface area contributed by atoms with Crippen molar-refractivity contribution in [2.45, 2.75) is 61.4 Å². The fourth-order valence-electron chi connectivity index (χ4n) is 4.35. The van der Waals surface area contributed by atoms with Crippen molar-refractivity contribution in [3.63, 3.8) is 0 Å². The molecule has 2 fully saturated rings. The minimum atomic E-state index is -1.72. The van der Waals surface area contributed by atoms with Crippen molar-refractivity contribution in [1.82, 2.24) is 0 Å². The molecular formula is C24H32N2O12. The molecule has 14 nitrogen and oxygen atoms in total. The number of nitrogens with zero attached hydrogens (tertiary/aromatic N) is 2. The molecule has 2 amide bonds. The van der Waals surface area contributed by atoms with E-state index in [0.717, 1.165) is 0 Å². The molecule has 4 heterocycles. The number of ether oxygens (including phenoxy) is 4. The molecule has 4 aliphatic heterocycles. The summed E-state index contributed by atoms with van der Waals surface area (Å²) in [5.74, 6) is -1.44. The van der Waals surface area contributed by atoms with E-state index in [1.54, 1.807) is 0 Å². The maximum absolute atomic E-state index is 13.1. The summed E-state index contributed by atoms with van der Waals surface area (Å²) in [4.78, 5) is 28.6. The van der Waals surface area contributed by atoms with E-state index in [4.69, 9.17) is 18.9 Å². The van der Waals surface area contributed by atoms with E-state index in [0.29, 0.717) is 11.4 Å². The summed E-state index contributed by atoms with van der Waals surface area (Å²) in [6, 6.07) is 6.04. The first-order valence-electron chi connectivity index (χ1n) is 12.0. The zero-order valence-corrected chi connectivity index (χ0v) is 20.7. The van der Waals surface area contributed by atoms with E-state index in [1.165, 1.54) is 60.3 Å². The van der Waals surface area contributed by atoms with Crippen LogP contribution in [0, 0.1) is 0 Å². The fraction of sp³-hybridized carbons (Fsp3) is 0.583. The van der Waals surface area contributed by atoms with Gasteiger partial charge < -0.3 is 59.4 Å². The molecule has 0 aromatic heterocycles. The fourth-order valence-corrected chi connectivity index (χ4v) is 4.35. The summed E-state index contributed by atoms with van der Waals surface area (Å²) >= 11 is 0. The molecule has 1 aromatic carbocycles. The topological polar surface area (TPSA) is 199 Å². The number of hydrogen-bond acceptors (Lipinski definition) is 12. The summed E-state index contributed by atoms with van der Waals surface area (Å²) in [6.07, 6.45) is -13.2. The third-order valence-corrected chi connectivity index (χ3v) is 6.79. The van der Waals surface area contributed by atoms with E-state index >= 15 is 0 Å². The van der Waals surface area contributed by atoms with Crippen LogP contribution in [0.5, 0.6) is 0 Å². The minimum Gasteiger partial charge on any atom is -0.387 e. The van der Waals surface area contributed by atoms with Crippen molar-refractivity contribution in [1.29, 1.82) is 0 Å². The molecule has 38 heavy (non-hydrogen) atoms. The lowest BCUT2D eigenvalue weighted by Gasteiger charge is -2.41. The van der Waals surface area contributed by atoms with Crippen molar-refractivity contribution in [2.24, 2.45) is 0 Å². The van der Waals surface area contributed by atoms with Crippen LogP contribution in [0.15, 0.2) is 36.4 Å². The molecule has 0 saturated carbocycles. The summed E-state index contributed by atoms with van der Waals surface area (Å²) in [5.41, 5.74) is 0.707. The van der Waals surface area contributed by atoms with Gasteiger partial charge in [0.05, 0.1) is 13.2 Å². The SMILES string of the molecule is CN1C(=O)[C@H]2O[C@H](OC/C=C\CO[C@H]3O[C@H](C(=O)N(C)c4ccc1cc4)[C@@H](O)[C@H](O)[C@H]3O)[C@H](O)[C@@H](O)[C@@H]2O. The maximum Gasteiger partial charge on any atom is 0.258 e. The quantitative estimate of drug-likeness (QED) is 0.181. The number of carbonyl (C=O) groups is 2. The molecule has 0 spiro atoms. The van der Waals surface area contributed by atoms with Gasteiger partial charge in [-0.15, -0.1) is 0 Å². The van der Waals surface area contributed by atoms with E-state index in [9.17, 15) is 40.2 Å². The van der Waals surface area contributed by atoms with Crippen LogP contribution in [0.1, 0.15) is 0 Å². The summed E-state index contributed by atoms with van der Waals surface area (Å²) in [7, 11) is 2.84. The third kappa shape index (κ3) is 5.46. The molecular weight excluding hydrogens is 508 g/mol. The molecule has 0 unspecified atom stereocenters. The van der Waals surface area contributed by atoms with Gasteiger partial charge in [0.2, 0.25) is 0 Å². The summed E-state index contributed by atoms with van der Waals surface area (Å²) < 4.78 is 21.9. The van der Waals surface area contributed by atoms with Gasteiger partial charge in [-0.2, -0.15) is 0 Å². The number of fused-ring (bicyclic) bond motifs is 8. The molecule has 1 aromatic rings. The monoisotopic (exact) mass is 540 g/mol. The zero-order chi connectivity index (χ0) is 27.7. The Labute approximate surface area is 217 Å². The second-order valence-electron chi connectivity index (χ2n) is 9.24. The second kappa shape index (κ2) is 11.7. The highest BCUT2D eigenvalue weighted by molar-refractivity contribution is 5.98. The van der Waals surface area contributed by atoms with Gasteiger partial charge in [0.25, 0.3) is 11.8 Å². The number of benzene rings is 1. The van der Waals surface area contributed by atoms with Crippen LogP contribution in [0.4, 0.5) is 11.4 Å². The highest BCUT2D eigenvalue weighted by atomic mass is 16.7. The Morgan fingerprint density at radius 2 is 0.947 bits per heavy atom. The molecule has 6 N–H and O–H groups in total. The molecule has 10 atom stereocenters. The van der Waals surface area contributed by atoms with Crippen LogP contribution in [-0.2, 0) is 28.5 Å². The second-order valence-corrected chi connectivity index (χ2v) is 9.24. The highest BCUT2D eigenvalue weighted by Crippen LogP contribution is 2.28. The third-order valence-electron chi connectivity index (χ3n) is 6.79. The van der Waals surface area contributed by atoms with Crippen molar-refractivity contribution in [3.05, 3.63) is 36.4 Å². The molecule has 210 valence electrons. The molecule has 4 aliphatic rings. The average Bonchev–Trinajstić information content (AvgIpc) is 2.92. The standard InChI is InChI=1S/C24H32N2O12/c1-25-11-5-7-12(8-6-11)26(2)22(34)20-16(30)14(28)18(32)24(38-20)36-10-4-3-9-35-23-17(31)13(27)15(29)19(37-23)21(25)33/h3-8,13-20,23-24,27-32H,9-10H2,1-2H3/b4-3-/t13-,14-,15-,16-,17+,18+,19-,20-,23-,24-/m0/s1. The molecule has 0 radical (unpaired) electrons. The smallest absolute Gasteiger partial charge is 0.258 e. The lowest BCUT2D eigenvalue weighted by Crippen LogP contribution is -2.62. The van der Waals surface area contributed by atoms with Crippen LogP contribution < -0.4 is 9.80 Å². The number of rotatable bonds is 0. The molecule has 14 heteroatoms. The van der Waals surface area contributed by atoms with Crippen LogP contribution in [-0.4, -0.2) is 131 Å². The Bertz CT molecular complexity index is 943. The van der Waals surface area contributed by atoms with Gasteiger partial charge in [-0.05, 0) is 24.3 Å². The predicted octanol–water partition coefficient (Wildman–Crippen LogP) is -3.17. The van der Waals surface area contributed by atoms with Gasteiger partial charge in [0.15, 0.2) is 24.8 Å². The van der Waals surface area contributed by atoms with Crippen LogP contribution in [0.2, 0.25) is 0 Å². The van der Waals surface area contributed by atoms with E-state index < -0.39 is 73.2 Å². The van der Waals surface area contributed by atoms with Gasteiger partial charge in [-0.3, -0.25) is 9.59 Å². The maximum atomic E-state index is 13.1.